The summed E-state index contributed by atoms with van der Waals surface area (Å²) in [4.78, 5) is 25.1. The number of nitrogens with zero attached hydrogens (tertiary/aromatic N) is 3. The minimum atomic E-state index is 0.0829. The zero-order chi connectivity index (χ0) is 22.2. The van der Waals surface area contributed by atoms with Crippen LogP contribution >= 0.6 is 23.1 Å². The second-order valence-corrected chi connectivity index (χ2v) is 9.34. The van der Waals surface area contributed by atoms with Crippen molar-refractivity contribution in [2.24, 2.45) is 0 Å². The summed E-state index contributed by atoms with van der Waals surface area (Å²) in [6.45, 7) is 3.06. The molecule has 164 valence electrons. The first-order valence-corrected chi connectivity index (χ1v) is 12.4. The molecule has 0 spiro atoms. The third-order valence-electron chi connectivity index (χ3n) is 4.83. The lowest BCUT2D eigenvalue weighted by molar-refractivity contribution is -0.118. The van der Waals surface area contributed by atoms with E-state index in [-0.39, 0.29) is 5.91 Å². The number of carbonyl (C=O) groups excluding carboxylic acids is 1. The summed E-state index contributed by atoms with van der Waals surface area (Å²) < 4.78 is 6.63. The Labute approximate surface area is 196 Å². The van der Waals surface area contributed by atoms with Gasteiger partial charge in [0.05, 0.1) is 23.4 Å². The lowest BCUT2D eigenvalue weighted by atomic mass is 10.2. The number of hydrogen-bond acceptors (Lipinski definition) is 6. The summed E-state index contributed by atoms with van der Waals surface area (Å²) >= 11 is 3.30. The molecule has 0 fully saturated rings. The molecule has 4 rings (SSSR count). The van der Waals surface area contributed by atoms with Gasteiger partial charge >= 0.3 is 0 Å². The zero-order valence-corrected chi connectivity index (χ0v) is 19.6. The third-order valence-corrected chi connectivity index (χ3v) is 6.97. The van der Waals surface area contributed by atoms with Crippen LogP contribution in [0.2, 0.25) is 0 Å². The smallest absolute Gasteiger partial charge is 0.229 e. The molecular formula is C25H25N3O2S2. The van der Waals surface area contributed by atoms with E-state index in [1.807, 2.05) is 55.5 Å². The van der Waals surface area contributed by atoms with E-state index in [0.29, 0.717) is 24.7 Å². The zero-order valence-electron chi connectivity index (χ0n) is 17.9. The van der Waals surface area contributed by atoms with Crippen LogP contribution in [0.3, 0.4) is 0 Å². The first-order chi connectivity index (χ1) is 15.7. The Bertz CT molecular complexity index is 1150. The molecule has 2 heterocycles. The van der Waals surface area contributed by atoms with E-state index in [1.165, 1.54) is 16.2 Å². The number of rotatable bonds is 10. The molecule has 0 radical (unpaired) electrons. The monoisotopic (exact) mass is 463 g/mol. The van der Waals surface area contributed by atoms with Crippen molar-refractivity contribution in [1.29, 1.82) is 0 Å². The highest BCUT2D eigenvalue weighted by Gasteiger charge is 2.20. The fourth-order valence-corrected chi connectivity index (χ4v) is 5.15. The van der Waals surface area contributed by atoms with Crippen LogP contribution in [0.25, 0.3) is 10.2 Å². The van der Waals surface area contributed by atoms with E-state index >= 15 is 0 Å². The molecule has 0 saturated heterocycles. The van der Waals surface area contributed by atoms with Crippen molar-refractivity contribution < 1.29 is 9.53 Å². The van der Waals surface area contributed by atoms with E-state index in [2.05, 4.69) is 17.1 Å². The Kier molecular flexibility index (Phi) is 7.74. The molecule has 32 heavy (non-hydrogen) atoms. The maximum atomic E-state index is 13.2. The van der Waals surface area contributed by atoms with E-state index in [1.54, 1.807) is 29.1 Å². The number of carbonyl (C=O) groups is 1. The molecule has 0 aliphatic rings. The van der Waals surface area contributed by atoms with Gasteiger partial charge in [0.25, 0.3) is 0 Å². The van der Waals surface area contributed by atoms with Gasteiger partial charge in [-0.3, -0.25) is 14.7 Å². The fraction of sp³-hybridized carbons (Fsp3) is 0.240. The Morgan fingerprint density at radius 3 is 2.69 bits per heavy atom. The van der Waals surface area contributed by atoms with Gasteiger partial charge < -0.3 is 4.74 Å². The highest BCUT2D eigenvalue weighted by atomic mass is 32.2. The second kappa shape index (κ2) is 11.1. The number of benzene rings is 2. The van der Waals surface area contributed by atoms with E-state index in [0.717, 1.165) is 33.7 Å². The molecule has 0 atom stereocenters. The van der Waals surface area contributed by atoms with Crippen molar-refractivity contribution in [3.8, 4) is 5.75 Å². The molecule has 7 heteroatoms. The Hall–Kier alpha value is -2.90. The van der Waals surface area contributed by atoms with Crippen molar-refractivity contribution in [2.45, 2.75) is 31.2 Å². The maximum absolute atomic E-state index is 13.2. The third kappa shape index (κ3) is 5.87. The first-order valence-electron chi connectivity index (χ1n) is 10.6. The van der Waals surface area contributed by atoms with Gasteiger partial charge in [-0.25, -0.2) is 4.98 Å². The van der Waals surface area contributed by atoms with Gasteiger partial charge in [-0.05, 0) is 67.1 Å². The predicted octanol–water partition coefficient (Wildman–Crippen LogP) is 6.20. The van der Waals surface area contributed by atoms with Crippen LogP contribution < -0.4 is 9.64 Å². The second-order valence-electron chi connectivity index (χ2n) is 7.16. The number of ether oxygens (including phenoxy) is 1. The quantitative estimate of drug-likeness (QED) is 0.207. The topological polar surface area (TPSA) is 55.3 Å². The maximum Gasteiger partial charge on any atom is 0.229 e. The molecule has 0 unspecified atom stereocenters. The van der Waals surface area contributed by atoms with Crippen molar-refractivity contribution in [3.05, 3.63) is 78.6 Å². The van der Waals surface area contributed by atoms with Crippen LogP contribution in [0.5, 0.6) is 5.75 Å². The standard InChI is InChI=1S/C25H25N3O2S2/c1-2-30-20-10-11-22-23(17-20)32-25(27-22)28(18-19-12-14-26-15-13-19)24(29)9-6-16-31-21-7-4-3-5-8-21/h3-5,7-8,10-15,17H,2,6,9,16,18H2,1H3. The molecule has 0 aliphatic heterocycles. The summed E-state index contributed by atoms with van der Waals surface area (Å²) in [5.74, 6) is 1.80. The van der Waals surface area contributed by atoms with Gasteiger partial charge in [-0.15, -0.1) is 11.8 Å². The number of aromatic nitrogens is 2. The number of hydrogen-bond donors (Lipinski definition) is 0. The fourth-order valence-electron chi connectivity index (χ4n) is 3.26. The minimum Gasteiger partial charge on any atom is -0.494 e. The molecule has 0 bridgehead atoms. The summed E-state index contributed by atoms with van der Waals surface area (Å²) in [5, 5.41) is 0.714. The molecular weight excluding hydrogens is 438 g/mol. The molecule has 0 aliphatic carbocycles. The average Bonchev–Trinajstić information content (AvgIpc) is 3.25. The summed E-state index contributed by atoms with van der Waals surface area (Å²) in [6.07, 6.45) is 4.79. The molecule has 0 saturated carbocycles. The highest BCUT2D eigenvalue weighted by Crippen LogP contribution is 2.33. The van der Waals surface area contributed by atoms with Crippen molar-refractivity contribution >= 4 is 44.4 Å². The molecule has 2 aromatic heterocycles. The van der Waals surface area contributed by atoms with Crippen molar-refractivity contribution in [3.63, 3.8) is 0 Å². The largest absolute Gasteiger partial charge is 0.494 e. The summed E-state index contributed by atoms with van der Waals surface area (Å²) in [6, 6.07) is 20.0. The van der Waals surface area contributed by atoms with Crippen LogP contribution in [0.4, 0.5) is 5.13 Å². The van der Waals surface area contributed by atoms with Crippen LogP contribution in [0.1, 0.15) is 25.3 Å². The average molecular weight is 464 g/mol. The number of anilines is 1. The molecule has 5 nitrogen and oxygen atoms in total. The van der Waals surface area contributed by atoms with Gasteiger partial charge in [0.15, 0.2) is 5.13 Å². The van der Waals surface area contributed by atoms with E-state index < -0.39 is 0 Å². The molecule has 0 N–H and O–H groups in total. The van der Waals surface area contributed by atoms with Crippen LogP contribution in [0, 0.1) is 0 Å². The van der Waals surface area contributed by atoms with E-state index in [9.17, 15) is 4.79 Å². The number of thioether (sulfide) groups is 1. The minimum absolute atomic E-state index is 0.0829. The van der Waals surface area contributed by atoms with Crippen LogP contribution in [0.15, 0.2) is 78.0 Å². The summed E-state index contributed by atoms with van der Waals surface area (Å²) in [5.41, 5.74) is 1.90. The molecule has 4 aromatic rings. The lowest BCUT2D eigenvalue weighted by Gasteiger charge is -2.20. The van der Waals surface area contributed by atoms with E-state index in [4.69, 9.17) is 9.72 Å². The number of fused-ring (bicyclic) bond motifs is 1. The first kappa shape index (κ1) is 22.3. The van der Waals surface area contributed by atoms with Gasteiger partial charge in [-0.1, -0.05) is 29.5 Å². The van der Waals surface area contributed by atoms with Gasteiger partial charge in [0.2, 0.25) is 5.91 Å². The molecule has 2 aromatic carbocycles. The summed E-state index contributed by atoms with van der Waals surface area (Å²) in [7, 11) is 0. The van der Waals surface area contributed by atoms with Crippen LogP contribution in [-0.4, -0.2) is 28.2 Å². The van der Waals surface area contributed by atoms with Crippen LogP contribution in [-0.2, 0) is 11.3 Å². The molecule has 1 amide bonds. The lowest BCUT2D eigenvalue weighted by Crippen LogP contribution is -2.30. The van der Waals surface area contributed by atoms with Crippen molar-refractivity contribution in [1.82, 2.24) is 9.97 Å². The Morgan fingerprint density at radius 2 is 1.91 bits per heavy atom. The van der Waals surface area contributed by atoms with Gasteiger partial charge in [0, 0.05) is 23.7 Å². The number of pyridine rings is 1. The van der Waals surface area contributed by atoms with Crippen molar-refractivity contribution in [2.75, 3.05) is 17.3 Å². The van der Waals surface area contributed by atoms with Gasteiger partial charge in [0.1, 0.15) is 5.75 Å². The Morgan fingerprint density at radius 1 is 1.09 bits per heavy atom. The number of thiazole rings is 1. The SMILES string of the molecule is CCOc1ccc2nc(N(Cc3ccncc3)C(=O)CCCSc3ccccc3)sc2c1. The predicted molar refractivity (Wildman–Crippen MR) is 133 cm³/mol. The van der Waals surface area contributed by atoms with Gasteiger partial charge in [-0.2, -0.15) is 0 Å². The normalized spacial score (nSPS) is 10.9. The Balaban J connectivity index is 1.49. The number of amides is 1. The highest BCUT2D eigenvalue weighted by molar-refractivity contribution is 7.99.